The van der Waals surface area contributed by atoms with Gasteiger partial charge in [-0.15, -0.1) is 0 Å². The Kier molecular flexibility index (Phi) is 4.91. The van der Waals surface area contributed by atoms with Crippen molar-refractivity contribution >= 4 is 16.9 Å². The molecule has 2 aromatic heterocycles. The van der Waals surface area contributed by atoms with Gasteiger partial charge in [0.1, 0.15) is 23.4 Å². The SMILES string of the molecule is COc1ccc(-c2nc(-c3noc4ccc(C(=O)N5CCN(C)CC5)cc34)co2)cc1. The minimum Gasteiger partial charge on any atom is -0.497 e. The molecular weight excluding hydrogens is 396 g/mol. The van der Waals surface area contributed by atoms with Crippen molar-refractivity contribution in [3.8, 4) is 28.6 Å². The van der Waals surface area contributed by atoms with Gasteiger partial charge in [-0.1, -0.05) is 5.16 Å². The summed E-state index contributed by atoms with van der Waals surface area (Å²) in [6.07, 6.45) is 1.55. The summed E-state index contributed by atoms with van der Waals surface area (Å²) in [5, 5.41) is 4.90. The molecule has 31 heavy (non-hydrogen) atoms. The summed E-state index contributed by atoms with van der Waals surface area (Å²) in [4.78, 5) is 21.6. The number of ether oxygens (including phenoxy) is 1. The van der Waals surface area contributed by atoms with E-state index in [9.17, 15) is 4.79 Å². The van der Waals surface area contributed by atoms with Gasteiger partial charge < -0.3 is 23.5 Å². The second kappa shape index (κ2) is 7.88. The van der Waals surface area contributed by atoms with Crippen LogP contribution < -0.4 is 4.74 Å². The predicted molar refractivity (Wildman–Crippen MR) is 115 cm³/mol. The molecule has 1 amide bonds. The normalized spacial score (nSPS) is 14.8. The molecule has 0 atom stereocenters. The van der Waals surface area contributed by atoms with E-state index in [-0.39, 0.29) is 5.91 Å². The number of rotatable bonds is 4. The molecule has 1 fully saturated rings. The number of hydrogen-bond donors (Lipinski definition) is 0. The van der Waals surface area contributed by atoms with E-state index in [4.69, 9.17) is 13.7 Å². The number of aromatic nitrogens is 2. The molecule has 0 spiro atoms. The van der Waals surface area contributed by atoms with Crippen molar-refractivity contribution < 1.29 is 18.5 Å². The molecule has 1 aliphatic rings. The highest BCUT2D eigenvalue weighted by atomic mass is 16.5. The second-order valence-electron chi connectivity index (χ2n) is 7.60. The minimum atomic E-state index is 0.0150. The summed E-state index contributed by atoms with van der Waals surface area (Å²) < 4.78 is 16.3. The Bertz CT molecular complexity index is 1220. The van der Waals surface area contributed by atoms with E-state index in [0.29, 0.717) is 28.4 Å². The molecule has 158 valence electrons. The quantitative estimate of drug-likeness (QED) is 0.501. The molecule has 0 unspecified atom stereocenters. The Morgan fingerprint density at radius 3 is 2.58 bits per heavy atom. The Balaban J connectivity index is 1.45. The topological polar surface area (TPSA) is 84.8 Å². The third-order valence-corrected chi connectivity index (χ3v) is 5.59. The smallest absolute Gasteiger partial charge is 0.253 e. The van der Waals surface area contributed by atoms with E-state index < -0.39 is 0 Å². The van der Waals surface area contributed by atoms with Gasteiger partial charge in [-0.2, -0.15) is 0 Å². The Labute approximate surface area is 179 Å². The highest BCUT2D eigenvalue weighted by Crippen LogP contribution is 2.31. The first-order chi connectivity index (χ1) is 15.1. The Morgan fingerprint density at radius 1 is 1.06 bits per heavy atom. The molecule has 4 aromatic rings. The van der Waals surface area contributed by atoms with Crippen molar-refractivity contribution in [3.63, 3.8) is 0 Å². The number of fused-ring (bicyclic) bond motifs is 1. The molecule has 2 aromatic carbocycles. The van der Waals surface area contributed by atoms with E-state index >= 15 is 0 Å². The summed E-state index contributed by atoms with van der Waals surface area (Å²) in [5.74, 6) is 1.25. The molecule has 8 nitrogen and oxygen atoms in total. The van der Waals surface area contributed by atoms with Gasteiger partial charge in [-0.25, -0.2) is 4.98 Å². The summed E-state index contributed by atoms with van der Waals surface area (Å²) in [6, 6.07) is 12.8. The van der Waals surface area contributed by atoms with Gasteiger partial charge in [0.15, 0.2) is 5.58 Å². The van der Waals surface area contributed by atoms with Gasteiger partial charge in [0, 0.05) is 37.3 Å². The first kappa shape index (κ1) is 19.3. The fourth-order valence-corrected chi connectivity index (χ4v) is 3.70. The largest absolute Gasteiger partial charge is 0.497 e. The maximum Gasteiger partial charge on any atom is 0.253 e. The van der Waals surface area contributed by atoms with E-state index in [1.807, 2.05) is 35.2 Å². The van der Waals surface area contributed by atoms with E-state index in [0.717, 1.165) is 42.9 Å². The van der Waals surface area contributed by atoms with Crippen molar-refractivity contribution in [2.75, 3.05) is 40.3 Å². The van der Waals surface area contributed by atoms with Crippen LogP contribution in [0.3, 0.4) is 0 Å². The molecular formula is C23H22N4O4. The number of piperazine rings is 1. The number of amides is 1. The zero-order chi connectivity index (χ0) is 21.4. The fourth-order valence-electron chi connectivity index (χ4n) is 3.70. The zero-order valence-corrected chi connectivity index (χ0v) is 17.4. The third-order valence-electron chi connectivity index (χ3n) is 5.59. The van der Waals surface area contributed by atoms with Crippen molar-refractivity contribution in [1.82, 2.24) is 19.9 Å². The van der Waals surface area contributed by atoms with Crippen LogP contribution in [0.1, 0.15) is 10.4 Å². The van der Waals surface area contributed by atoms with E-state index in [1.54, 1.807) is 25.5 Å². The number of carbonyl (C=O) groups excluding carboxylic acids is 1. The number of benzene rings is 2. The molecule has 5 rings (SSSR count). The monoisotopic (exact) mass is 418 g/mol. The highest BCUT2D eigenvalue weighted by Gasteiger charge is 2.22. The van der Waals surface area contributed by atoms with Crippen molar-refractivity contribution in [1.29, 1.82) is 0 Å². The molecule has 0 aliphatic carbocycles. The van der Waals surface area contributed by atoms with Crippen LogP contribution in [-0.4, -0.2) is 66.2 Å². The van der Waals surface area contributed by atoms with Crippen LogP contribution in [0.2, 0.25) is 0 Å². The van der Waals surface area contributed by atoms with Crippen LogP contribution in [0.15, 0.2) is 57.7 Å². The minimum absolute atomic E-state index is 0.0150. The van der Waals surface area contributed by atoms with E-state index in [1.165, 1.54) is 0 Å². The van der Waals surface area contributed by atoms with Gasteiger partial charge in [-0.3, -0.25) is 4.79 Å². The summed E-state index contributed by atoms with van der Waals surface area (Å²) in [6.45, 7) is 3.19. The number of nitrogens with zero attached hydrogens (tertiary/aromatic N) is 4. The van der Waals surface area contributed by atoms with Crippen LogP contribution in [0.25, 0.3) is 33.8 Å². The lowest BCUT2D eigenvalue weighted by atomic mass is 10.1. The van der Waals surface area contributed by atoms with Crippen LogP contribution in [0.5, 0.6) is 5.75 Å². The van der Waals surface area contributed by atoms with Gasteiger partial charge in [0.05, 0.1) is 12.5 Å². The molecule has 3 heterocycles. The standard InChI is InChI=1S/C23H22N4O4/c1-26-9-11-27(12-10-26)23(28)16-5-8-20-18(13-16)21(25-31-20)19-14-30-22(24-19)15-3-6-17(29-2)7-4-15/h3-8,13-14H,9-12H2,1-2H3. The second-order valence-corrected chi connectivity index (χ2v) is 7.60. The van der Waals surface area contributed by atoms with Gasteiger partial charge in [-0.05, 0) is 49.5 Å². The lowest BCUT2D eigenvalue weighted by Gasteiger charge is -2.32. The molecule has 0 bridgehead atoms. The zero-order valence-electron chi connectivity index (χ0n) is 17.4. The van der Waals surface area contributed by atoms with Crippen LogP contribution in [0, 0.1) is 0 Å². The molecule has 8 heteroatoms. The van der Waals surface area contributed by atoms with Crippen molar-refractivity contribution in [2.45, 2.75) is 0 Å². The van der Waals surface area contributed by atoms with Gasteiger partial charge in [0.2, 0.25) is 5.89 Å². The first-order valence-electron chi connectivity index (χ1n) is 10.1. The summed E-state index contributed by atoms with van der Waals surface area (Å²) >= 11 is 0. The average molecular weight is 418 g/mol. The van der Waals surface area contributed by atoms with Crippen molar-refractivity contribution in [3.05, 3.63) is 54.3 Å². The number of hydrogen-bond acceptors (Lipinski definition) is 7. The van der Waals surface area contributed by atoms with Gasteiger partial charge >= 0.3 is 0 Å². The van der Waals surface area contributed by atoms with Gasteiger partial charge in [0.25, 0.3) is 5.91 Å². The number of carbonyl (C=O) groups is 1. The number of oxazole rings is 1. The Hall–Kier alpha value is -3.65. The highest BCUT2D eigenvalue weighted by molar-refractivity contribution is 6.00. The maximum atomic E-state index is 13.0. The lowest BCUT2D eigenvalue weighted by Crippen LogP contribution is -2.47. The van der Waals surface area contributed by atoms with Crippen LogP contribution in [-0.2, 0) is 0 Å². The maximum absolute atomic E-state index is 13.0. The molecule has 0 radical (unpaired) electrons. The molecule has 1 aliphatic heterocycles. The Morgan fingerprint density at radius 2 is 1.84 bits per heavy atom. The molecule has 0 saturated carbocycles. The average Bonchev–Trinajstić information content (AvgIpc) is 3.46. The van der Waals surface area contributed by atoms with Crippen LogP contribution >= 0.6 is 0 Å². The molecule has 1 saturated heterocycles. The summed E-state index contributed by atoms with van der Waals surface area (Å²) in [5.41, 5.74) is 3.13. The summed E-state index contributed by atoms with van der Waals surface area (Å²) in [7, 11) is 3.69. The number of methoxy groups -OCH3 is 1. The lowest BCUT2D eigenvalue weighted by molar-refractivity contribution is 0.0664. The molecule has 0 N–H and O–H groups in total. The predicted octanol–water partition coefficient (Wildman–Crippen LogP) is 3.55. The van der Waals surface area contributed by atoms with Crippen LogP contribution in [0.4, 0.5) is 0 Å². The number of likely N-dealkylation sites (N-methyl/N-ethyl adjacent to an activating group) is 1. The van der Waals surface area contributed by atoms with Crippen molar-refractivity contribution in [2.24, 2.45) is 0 Å². The first-order valence-corrected chi connectivity index (χ1v) is 10.1. The van der Waals surface area contributed by atoms with E-state index in [2.05, 4.69) is 22.1 Å². The fraction of sp³-hybridized carbons (Fsp3) is 0.261. The third kappa shape index (κ3) is 3.66.